The summed E-state index contributed by atoms with van der Waals surface area (Å²) in [6.07, 6.45) is 1.55. The Morgan fingerprint density at radius 1 is 1.76 bits per heavy atom. The number of carboxylic acid groups (broad SMARTS) is 1. The smallest absolute Gasteiger partial charge is 0.318 e. The second kappa shape index (κ2) is 4.62. The molecule has 1 N–H and O–H groups in total. The molecular weight excluding hydrogens is 233 g/mol. The number of aliphatic carboxylic acids is 1. The van der Waals surface area contributed by atoms with E-state index < -0.39 is 34.3 Å². The van der Waals surface area contributed by atoms with Crippen molar-refractivity contribution in [3.8, 4) is 0 Å². The van der Waals surface area contributed by atoms with E-state index in [2.05, 4.69) is 0 Å². The Balaban J connectivity index is 3.34. The van der Waals surface area contributed by atoms with Crippen molar-refractivity contribution >= 4 is 5.97 Å². The second-order valence-corrected chi connectivity index (χ2v) is 3.72. The van der Waals surface area contributed by atoms with Gasteiger partial charge < -0.3 is 9.84 Å². The monoisotopic (exact) mass is 245 g/mol. The van der Waals surface area contributed by atoms with Crippen LogP contribution in [0.1, 0.15) is 6.92 Å². The van der Waals surface area contributed by atoms with E-state index in [-0.39, 0.29) is 0 Å². The molecule has 0 aromatic carbocycles. The van der Waals surface area contributed by atoms with Gasteiger partial charge in [0.05, 0.1) is 0 Å². The molecule has 6 nitrogen and oxygen atoms in total. The zero-order valence-corrected chi connectivity index (χ0v) is 9.29. The van der Waals surface area contributed by atoms with Crippen molar-refractivity contribution in [1.82, 2.24) is 0 Å². The highest BCUT2D eigenvalue weighted by Crippen LogP contribution is 2.35. The molecule has 0 saturated carbocycles. The summed E-state index contributed by atoms with van der Waals surface area (Å²) in [6, 6.07) is 0. The van der Waals surface area contributed by atoms with E-state index in [9.17, 15) is 19.3 Å². The lowest BCUT2D eigenvalue weighted by atomic mass is 9.77. The number of allylic oxidation sites excluding steroid dienone is 2. The first-order chi connectivity index (χ1) is 7.86. The van der Waals surface area contributed by atoms with Gasteiger partial charge in [-0.05, 0) is 25.2 Å². The van der Waals surface area contributed by atoms with Crippen LogP contribution in [0.4, 0.5) is 4.39 Å². The highest BCUT2D eigenvalue weighted by atomic mass is 19.1. The van der Waals surface area contributed by atoms with Gasteiger partial charge in [0.25, 0.3) is 5.54 Å². The highest BCUT2D eigenvalue weighted by molar-refractivity contribution is 5.75. The fourth-order valence-electron chi connectivity index (χ4n) is 1.83. The molecule has 0 radical (unpaired) electrons. The largest absolute Gasteiger partial charge is 0.481 e. The number of rotatable bonds is 4. The Labute approximate surface area is 96.5 Å². The van der Waals surface area contributed by atoms with E-state index in [4.69, 9.17) is 9.84 Å². The molecule has 7 heteroatoms. The van der Waals surface area contributed by atoms with Crippen LogP contribution in [0.15, 0.2) is 24.1 Å². The fraction of sp³-hybridized carbons (Fsp3) is 0.500. The fourth-order valence-corrected chi connectivity index (χ4v) is 1.83. The summed E-state index contributed by atoms with van der Waals surface area (Å²) in [5.74, 6) is -3.87. The van der Waals surface area contributed by atoms with Gasteiger partial charge in [-0.15, -0.1) is 0 Å². The number of hydrogen-bond acceptors (Lipinski definition) is 4. The summed E-state index contributed by atoms with van der Waals surface area (Å²) in [7, 11) is 1.23. The van der Waals surface area contributed by atoms with Crippen LogP contribution in [-0.2, 0) is 9.53 Å². The van der Waals surface area contributed by atoms with Gasteiger partial charge >= 0.3 is 5.97 Å². The lowest BCUT2D eigenvalue weighted by Gasteiger charge is -2.32. The van der Waals surface area contributed by atoms with Gasteiger partial charge in [-0.3, -0.25) is 14.9 Å². The molecule has 0 heterocycles. The Bertz CT molecular complexity index is 406. The van der Waals surface area contributed by atoms with E-state index in [1.165, 1.54) is 14.0 Å². The summed E-state index contributed by atoms with van der Waals surface area (Å²) in [5.41, 5.74) is -1.99. The number of hydrogen-bond donors (Lipinski definition) is 1. The van der Waals surface area contributed by atoms with Crippen LogP contribution in [0.5, 0.6) is 0 Å². The normalized spacial score (nSPS) is 29.6. The predicted molar refractivity (Wildman–Crippen MR) is 55.7 cm³/mol. The molecule has 0 saturated heterocycles. The van der Waals surface area contributed by atoms with Crippen LogP contribution in [0, 0.1) is 16.0 Å². The van der Waals surface area contributed by atoms with Crippen molar-refractivity contribution in [2.24, 2.45) is 5.92 Å². The molecule has 94 valence electrons. The van der Waals surface area contributed by atoms with Gasteiger partial charge in [0.2, 0.25) is 0 Å². The third-order valence-electron chi connectivity index (χ3n) is 2.92. The topological polar surface area (TPSA) is 89.7 Å². The Morgan fingerprint density at radius 2 is 2.35 bits per heavy atom. The van der Waals surface area contributed by atoms with Crippen molar-refractivity contribution < 1.29 is 24.0 Å². The first-order valence-corrected chi connectivity index (χ1v) is 4.83. The van der Waals surface area contributed by atoms with Crippen LogP contribution >= 0.6 is 0 Å². The molecule has 0 aliphatic heterocycles. The molecule has 0 aromatic heterocycles. The van der Waals surface area contributed by atoms with Gasteiger partial charge in [0.15, 0.2) is 5.92 Å². The molecule has 1 aliphatic carbocycles. The van der Waals surface area contributed by atoms with Crippen molar-refractivity contribution in [3.05, 3.63) is 34.2 Å². The summed E-state index contributed by atoms with van der Waals surface area (Å²) in [4.78, 5) is 21.4. The number of halogens is 1. The van der Waals surface area contributed by atoms with Gasteiger partial charge in [-0.2, -0.15) is 0 Å². The minimum absolute atomic E-state index is 0.723. The van der Waals surface area contributed by atoms with Crippen LogP contribution in [0.3, 0.4) is 0 Å². The predicted octanol–water partition coefficient (Wildman–Crippen LogP) is 1.16. The van der Waals surface area contributed by atoms with Gasteiger partial charge in [-0.1, -0.05) is 0 Å². The zero-order chi connectivity index (χ0) is 13.2. The van der Waals surface area contributed by atoms with E-state index in [1.807, 2.05) is 0 Å². The molecule has 0 bridgehead atoms. The van der Waals surface area contributed by atoms with E-state index in [0.717, 1.165) is 18.2 Å². The van der Waals surface area contributed by atoms with E-state index in [1.54, 1.807) is 0 Å². The maximum Gasteiger partial charge on any atom is 0.318 e. The SMILES string of the molecule is COC(C)C1([N+](=O)[O-])C=CC(F)=CC1C(=O)O. The number of nitrogens with zero attached hydrogens (tertiary/aromatic N) is 1. The van der Waals surface area contributed by atoms with Crippen LogP contribution in [-0.4, -0.2) is 34.8 Å². The number of methoxy groups -OCH3 is 1. The van der Waals surface area contributed by atoms with Gasteiger partial charge in [0.1, 0.15) is 11.9 Å². The van der Waals surface area contributed by atoms with Crippen LogP contribution in [0.2, 0.25) is 0 Å². The Hall–Kier alpha value is -1.76. The van der Waals surface area contributed by atoms with Gasteiger partial charge in [0, 0.05) is 12.0 Å². The summed E-state index contributed by atoms with van der Waals surface area (Å²) >= 11 is 0. The number of carbonyl (C=O) groups is 1. The number of ether oxygens (including phenoxy) is 1. The molecule has 1 rings (SSSR count). The quantitative estimate of drug-likeness (QED) is 0.593. The first kappa shape index (κ1) is 13.3. The summed E-state index contributed by atoms with van der Waals surface area (Å²) in [5, 5.41) is 20.1. The third kappa shape index (κ3) is 2.05. The van der Waals surface area contributed by atoms with Crippen molar-refractivity contribution in [2.75, 3.05) is 7.11 Å². The maximum absolute atomic E-state index is 13.0. The number of carboxylic acids is 1. The third-order valence-corrected chi connectivity index (χ3v) is 2.92. The highest BCUT2D eigenvalue weighted by Gasteiger charge is 2.57. The van der Waals surface area contributed by atoms with Crippen molar-refractivity contribution in [2.45, 2.75) is 18.6 Å². The molecule has 1 aliphatic rings. The first-order valence-electron chi connectivity index (χ1n) is 4.83. The lowest BCUT2D eigenvalue weighted by molar-refractivity contribution is -0.573. The molecule has 3 unspecified atom stereocenters. The lowest BCUT2D eigenvalue weighted by Crippen LogP contribution is -2.55. The summed E-state index contributed by atoms with van der Waals surface area (Å²) < 4.78 is 17.9. The van der Waals surface area contributed by atoms with Crippen LogP contribution in [0.25, 0.3) is 0 Å². The second-order valence-electron chi connectivity index (χ2n) is 3.72. The molecule has 0 spiro atoms. The average molecular weight is 245 g/mol. The molecule has 17 heavy (non-hydrogen) atoms. The standard InChI is InChI=1S/C10H12FNO5/c1-6(17-2)10(12(15)16)4-3-7(11)5-8(10)9(13)14/h3-6,8H,1-2H3,(H,13,14). The molecule has 0 amide bonds. The molecule has 0 fully saturated rings. The molecule has 3 atom stereocenters. The van der Waals surface area contributed by atoms with E-state index >= 15 is 0 Å². The van der Waals surface area contributed by atoms with Crippen molar-refractivity contribution in [1.29, 1.82) is 0 Å². The summed E-state index contributed by atoms with van der Waals surface area (Å²) in [6.45, 7) is 1.38. The molecular formula is C10H12FNO5. The molecule has 0 aromatic rings. The average Bonchev–Trinajstić information content (AvgIpc) is 2.27. The maximum atomic E-state index is 13.0. The number of nitro groups is 1. The van der Waals surface area contributed by atoms with Gasteiger partial charge in [-0.25, -0.2) is 4.39 Å². The minimum Gasteiger partial charge on any atom is -0.481 e. The zero-order valence-electron chi connectivity index (χ0n) is 9.29. The van der Waals surface area contributed by atoms with E-state index in [0.29, 0.717) is 0 Å². The van der Waals surface area contributed by atoms with Crippen molar-refractivity contribution in [3.63, 3.8) is 0 Å². The minimum atomic E-state index is -1.99. The Morgan fingerprint density at radius 3 is 2.76 bits per heavy atom. The Kier molecular flexibility index (Phi) is 3.62. The van der Waals surface area contributed by atoms with Crippen LogP contribution < -0.4 is 0 Å².